The summed E-state index contributed by atoms with van der Waals surface area (Å²) < 4.78 is 1.93. The first-order chi connectivity index (χ1) is 8.65. The van der Waals surface area contributed by atoms with Crippen molar-refractivity contribution in [3.05, 3.63) is 42.7 Å². The number of hydrogen-bond acceptors (Lipinski definition) is 3. The summed E-state index contributed by atoms with van der Waals surface area (Å²) in [4.78, 5) is 0. The predicted octanol–water partition coefficient (Wildman–Crippen LogP) is 2.73. The molecule has 0 aliphatic carbocycles. The average Bonchev–Trinajstić information content (AvgIpc) is 2.84. The molecule has 0 aliphatic heterocycles. The number of aromatic hydroxyl groups is 1. The Bertz CT molecular complexity index is 462. The fourth-order valence-corrected chi connectivity index (χ4v) is 1.80. The minimum Gasteiger partial charge on any atom is -0.508 e. The third-order valence-electron chi connectivity index (χ3n) is 2.97. The summed E-state index contributed by atoms with van der Waals surface area (Å²) in [5, 5.41) is 17.0. The molecule has 1 unspecified atom stereocenters. The van der Waals surface area contributed by atoms with Gasteiger partial charge in [-0.25, -0.2) is 0 Å². The van der Waals surface area contributed by atoms with Gasteiger partial charge >= 0.3 is 0 Å². The Labute approximate surface area is 107 Å². The van der Waals surface area contributed by atoms with Crippen LogP contribution in [-0.2, 0) is 6.54 Å². The van der Waals surface area contributed by atoms with Gasteiger partial charge in [0.15, 0.2) is 0 Å². The molecule has 1 heterocycles. The van der Waals surface area contributed by atoms with Crippen LogP contribution in [0.25, 0.3) is 0 Å². The molecule has 96 valence electrons. The lowest BCUT2D eigenvalue weighted by molar-refractivity contribution is 0.437. The molecular weight excluding hydrogens is 226 g/mol. The second-order valence-electron chi connectivity index (χ2n) is 4.77. The Morgan fingerprint density at radius 3 is 2.56 bits per heavy atom. The highest BCUT2D eigenvalue weighted by atomic mass is 16.3. The predicted molar refractivity (Wildman–Crippen MR) is 72.6 cm³/mol. The molecule has 0 amide bonds. The van der Waals surface area contributed by atoms with E-state index in [9.17, 15) is 5.11 Å². The minimum absolute atomic E-state index is 0.286. The SMILES string of the molecule is CC(C)C(Cn1cccn1)Nc1ccc(O)cc1. The summed E-state index contributed by atoms with van der Waals surface area (Å²) in [5.41, 5.74) is 1.01. The summed E-state index contributed by atoms with van der Waals surface area (Å²) in [6.45, 7) is 5.19. The number of benzene rings is 1. The summed E-state index contributed by atoms with van der Waals surface area (Å²) in [5.74, 6) is 0.775. The maximum absolute atomic E-state index is 9.27. The molecule has 4 heteroatoms. The molecule has 4 nitrogen and oxygen atoms in total. The van der Waals surface area contributed by atoms with Crippen molar-refractivity contribution in [2.75, 3.05) is 5.32 Å². The van der Waals surface area contributed by atoms with E-state index in [0.29, 0.717) is 12.0 Å². The lowest BCUT2D eigenvalue weighted by Crippen LogP contribution is -2.30. The molecule has 1 atom stereocenters. The van der Waals surface area contributed by atoms with Gasteiger partial charge in [0, 0.05) is 24.1 Å². The van der Waals surface area contributed by atoms with E-state index >= 15 is 0 Å². The van der Waals surface area contributed by atoms with E-state index in [2.05, 4.69) is 24.3 Å². The Morgan fingerprint density at radius 2 is 2.00 bits per heavy atom. The monoisotopic (exact) mass is 245 g/mol. The fraction of sp³-hybridized carbons (Fsp3) is 0.357. The maximum atomic E-state index is 9.27. The zero-order valence-electron chi connectivity index (χ0n) is 10.7. The second-order valence-corrected chi connectivity index (χ2v) is 4.77. The van der Waals surface area contributed by atoms with Gasteiger partial charge in [0.1, 0.15) is 5.75 Å². The van der Waals surface area contributed by atoms with Crippen molar-refractivity contribution in [2.24, 2.45) is 5.92 Å². The van der Waals surface area contributed by atoms with E-state index in [1.54, 1.807) is 18.3 Å². The van der Waals surface area contributed by atoms with Crippen LogP contribution < -0.4 is 5.32 Å². The smallest absolute Gasteiger partial charge is 0.115 e. The molecule has 0 radical (unpaired) electrons. The highest BCUT2D eigenvalue weighted by Gasteiger charge is 2.14. The van der Waals surface area contributed by atoms with Crippen molar-refractivity contribution in [3.63, 3.8) is 0 Å². The molecule has 0 spiro atoms. The van der Waals surface area contributed by atoms with Gasteiger partial charge in [0.25, 0.3) is 0 Å². The number of hydrogen-bond donors (Lipinski definition) is 2. The third-order valence-corrected chi connectivity index (χ3v) is 2.97. The summed E-state index contributed by atoms with van der Waals surface area (Å²) >= 11 is 0. The molecule has 1 aromatic heterocycles. The molecule has 0 fully saturated rings. The number of rotatable bonds is 5. The lowest BCUT2D eigenvalue weighted by atomic mass is 10.0. The largest absolute Gasteiger partial charge is 0.508 e. The van der Waals surface area contributed by atoms with Crippen LogP contribution in [0, 0.1) is 5.92 Å². The molecule has 0 saturated heterocycles. The average molecular weight is 245 g/mol. The van der Waals surface area contributed by atoms with Gasteiger partial charge in [-0.05, 0) is 36.2 Å². The molecule has 2 rings (SSSR count). The van der Waals surface area contributed by atoms with Gasteiger partial charge in [0.2, 0.25) is 0 Å². The van der Waals surface area contributed by atoms with E-state index in [-0.39, 0.29) is 5.75 Å². The van der Waals surface area contributed by atoms with Gasteiger partial charge in [-0.2, -0.15) is 5.10 Å². The van der Waals surface area contributed by atoms with E-state index in [1.165, 1.54) is 0 Å². The third kappa shape index (κ3) is 3.26. The summed E-state index contributed by atoms with van der Waals surface area (Å²) in [6.07, 6.45) is 3.76. The molecule has 2 aromatic rings. The highest BCUT2D eigenvalue weighted by molar-refractivity contribution is 5.46. The number of phenols is 1. The van der Waals surface area contributed by atoms with Crippen molar-refractivity contribution in [2.45, 2.75) is 26.4 Å². The van der Waals surface area contributed by atoms with E-state index in [0.717, 1.165) is 12.2 Å². The van der Waals surface area contributed by atoms with Gasteiger partial charge in [0.05, 0.1) is 6.54 Å². The Hall–Kier alpha value is -1.97. The van der Waals surface area contributed by atoms with Crippen molar-refractivity contribution in [3.8, 4) is 5.75 Å². The van der Waals surface area contributed by atoms with Crippen LogP contribution in [0.3, 0.4) is 0 Å². The molecule has 18 heavy (non-hydrogen) atoms. The molecule has 0 aliphatic rings. The Kier molecular flexibility index (Phi) is 3.87. The molecule has 1 aromatic carbocycles. The van der Waals surface area contributed by atoms with Crippen LogP contribution in [-0.4, -0.2) is 20.9 Å². The topological polar surface area (TPSA) is 50.1 Å². The number of aromatic nitrogens is 2. The van der Waals surface area contributed by atoms with Crippen molar-refractivity contribution in [1.29, 1.82) is 0 Å². The fourth-order valence-electron chi connectivity index (χ4n) is 1.80. The van der Waals surface area contributed by atoms with Crippen LogP contribution in [0.5, 0.6) is 5.75 Å². The maximum Gasteiger partial charge on any atom is 0.115 e. The Balaban J connectivity index is 2.04. The van der Waals surface area contributed by atoms with Crippen LogP contribution in [0.4, 0.5) is 5.69 Å². The standard InChI is InChI=1S/C14H19N3O/c1-11(2)14(10-17-9-3-8-15-17)16-12-4-6-13(18)7-5-12/h3-9,11,14,16,18H,10H2,1-2H3. The van der Waals surface area contributed by atoms with Crippen molar-refractivity contribution >= 4 is 5.69 Å². The lowest BCUT2D eigenvalue weighted by Gasteiger charge is -2.23. The molecular formula is C14H19N3O. The first kappa shape index (κ1) is 12.5. The molecule has 0 saturated carbocycles. The zero-order chi connectivity index (χ0) is 13.0. The van der Waals surface area contributed by atoms with Crippen molar-refractivity contribution in [1.82, 2.24) is 9.78 Å². The van der Waals surface area contributed by atoms with E-state index < -0.39 is 0 Å². The molecule has 0 bridgehead atoms. The normalized spacial score (nSPS) is 12.6. The van der Waals surface area contributed by atoms with Gasteiger partial charge < -0.3 is 10.4 Å². The first-order valence-electron chi connectivity index (χ1n) is 6.18. The zero-order valence-corrected chi connectivity index (χ0v) is 10.7. The van der Waals surface area contributed by atoms with Gasteiger partial charge in [-0.3, -0.25) is 4.68 Å². The van der Waals surface area contributed by atoms with Crippen LogP contribution in [0.2, 0.25) is 0 Å². The van der Waals surface area contributed by atoms with Crippen LogP contribution in [0.1, 0.15) is 13.8 Å². The quantitative estimate of drug-likeness (QED) is 0.796. The van der Waals surface area contributed by atoms with Crippen molar-refractivity contribution < 1.29 is 5.11 Å². The first-order valence-corrected chi connectivity index (χ1v) is 6.18. The van der Waals surface area contributed by atoms with Crippen LogP contribution >= 0.6 is 0 Å². The number of anilines is 1. The summed E-state index contributed by atoms with van der Waals surface area (Å²) in [7, 11) is 0. The minimum atomic E-state index is 0.286. The number of nitrogens with one attached hydrogen (secondary N) is 1. The van der Waals surface area contributed by atoms with Gasteiger partial charge in [-0.1, -0.05) is 13.8 Å². The Morgan fingerprint density at radius 1 is 1.28 bits per heavy atom. The molecule has 2 N–H and O–H groups in total. The highest BCUT2D eigenvalue weighted by Crippen LogP contribution is 2.17. The second kappa shape index (κ2) is 5.58. The van der Waals surface area contributed by atoms with Gasteiger partial charge in [-0.15, -0.1) is 0 Å². The number of nitrogens with zero attached hydrogens (tertiary/aromatic N) is 2. The number of phenolic OH excluding ortho intramolecular Hbond substituents is 1. The summed E-state index contributed by atoms with van der Waals surface area (Å²) in [6, 6.07) is 9.37. The van der Waals surface area contributed by atoms with E-state index in [4.69, 9.17) is 0 Å². The van der Waals surface area contributed by atoms with Crippen LogP contribution in [0.15, 0.2) is 42.7 Å². The van der Waals surface area contributed by atoms with E-state index in [1.807, 2.05) is 29.1 Å².